The van der Waals surface area contributed by atoms with E-state index < -0.39 is 9.84 Å². The number of nitrogens with zero attached hydrogens (tertiary/aromatic N) is 3. The van der Waals surface area contributed by atoms with Crippen LogP contribution in [0, 0.1) is 0 Å². The summed E-state index contributed by atoms with van der Waals surface area (Å²) in [7, 11) is -3.34. The van der Waals surface area contributed by atoms with Gasteiger partial charge in [0.25, 0.3) is 0 Å². The lowest BCUT2D eigenvalue weighted by molar-refractivity contribution is 0.611. The molecule has 0 aliphatic carbocycles. The second-order valence-corrected chi connectivity index (χ2v) is 4.93. The van der Waals surface area contributed by atoms with E-state index in [-0.39, 0.29) is 5.17 Å². The molecule has 77 valence electrons. The molecule has 0 fully saturated rings. The average Bonchev–Trinajstić information content (AvgIpc) is 2.67. The zero-order valence-electron chi connectivity index (χ0n) is 7.95. The molecule has 2 rings (SSSR count). The number of hydrogen-bond acceptors (Lipinski definition) is 4. The van der Waals surface area contributed by atoms with Crippen molar-refractivity contribution in [2.75, 3.05) is 6.26 Å². The molecule has 0 bridgehead atoms. The van der Waals surface area contributed by atoms with Crippen LogP contribution < -0.4 is 5.32 Å². The summed E-state index contributed by atoms with van der Waals surface area (Å²) >= 11 is 0. The highest BCUT2D eigenvalue weighted by molar-refractivity contribution is 8.05. The van der Waals surface area contributed by atoms with Crippen LogP contribution in [0.15, 0.2) is 35.6 Å². The van der Waals surface area contributed by atoms with Crippen LogP contribution in [0.5, 0.6) is 0 Å². The molecule has 2 heterocycles. The van der Waals surface area contributed by atoms with E-state index in [9.17, 15) is 8.42 Å². The Balaban J connectivity index is 2.34. The molecule has 0 atom stereocenters. The van der Waals surface area contributed by atoms with Crippen LogP contribution in [0.3, 0.4) is 0 Å². The van der Waals surface area contributed by atoms with Gasteiger partial charge in [-0.3, -0.25) is 4.98 Å². The maximum absolute atomic E-state index is 11.1. The highest BCUT2D eigenvalue weighted by Gasteiger charge is 2.20. The van der Waals surface area contributed by atoms with Crippen LogP contribution in [-0.4, -0.2) is 24.8 Å². The Morgan fingerprint density at radius 3 is 2.60 bits per heavy atom. The number of rotatable bonds is 1. The zero-order chi connectivity index (χ0) is 10.9. The minimum atomic E-state index is -3.34. The molecular weight excluding hydrogens is 214 g/mol. The third-order valence-corrected chi connectivity index (χ3v) is 2.63. The first-order valence-electron chi connectivity index (χ1n) is 4.18. The third-order valence-electron chi connectivity index (χ3n) is 1.77. The van der Waals surface area contributed by atoms with E-state index in [2.05, 4.69) is 15.3 Å². The lowest BCUT2D eigenvalue weighted by Crippen LogP contribution is -2.17. The SMILES string of the molecule is CS(=O)(=O)C1=NC(c2ccccn2)=C[N]1. The van der Waals surface area contributed by atoms with E-state index in [0.29, 0.717) is 11.4 Å². The predicted octanol–water partition coefficient (Wildman–Crippen LogP) is 0.399. The fourth-order valence-electron chi connectivity index (χ4n) is 1.09. The van der Waals surface area contributed by atoms with Gasteiger partial charge in [0, 0.05) is 12.5 Å². The van der Waals surface area contributed by atoms with E-state index in [1.807, 2.05) is 0 Å². The molecule has 1 aliphatic rings. The smallest absolute Gasteiger partial charge is 0.247 e. The second-order valence-electron chi connectivity index (χ2n) is 3.02. The summed E-state index contributed by atoms with van der Waals surface area (Å²) < 4.78 is 22.3. The van der Waals surface area contributed by atoms with Crippen molar-refractivity contribution in [2.24, 2.45) is 4.99 Å². The largest absolute Gasteiger partial charge is 0.255 e. The van der Waals surface area contributed by atoms with Gasteiger partial charge in [-0.1, -0.05) is 6.07 Å². The zero-order valence-corrected chi connectivity index (χ0v) is 8.77. The molecule has 15 heavy (non-hydrogen) atoms. The maximum atomic E-state index is 11.1. The van der Waals surface area contributed by atoms with Crippen LogP contribution in [0.25, 0.3) is 5.70 Å². The number of aliphatic imine (C=N–C) groups is 1. The van der Waals surface area contributed by atoms with Gasteiger partial charge in [0.2, 0.25) is 15.0 Å². The van der Waals surface area contributed by atoms with Crippen molar-refractivity contribution in [1.29, 1.82) is 0 Å². The van der Waals surface area contributed by atoms with Gasteiger partial charge in [0.15, 0.2) is 0 Å². The number of sulfone groups is 1. The van der Waals surface area contributed by atoms with Crippen molar-refractivity contribution in [1.82, 2.24) is 10.3 Å². The Hall–Kier alpha value is -1.69. The number of aromatic nitrogens is 1. The molecule has 1 aromatic rings. The maximum Gasteiger partial charge on any atom is 0.247 e. The summed E-state index contributed by atoms with van der Waals surface area (Å²) in [6, 6.07) is 5.32. The van der Waals surface area contributed by atoms with Gasteiger partial charge in [-0.05, 0) is 12.1 Å². The molecule has 0 unspecified atom stereocenters. The fourth-order valence-corrected chi connectivity index (χ4v) is 1.60. The van der Waals surface area contributed by atoms with Gasteiger partial charge in [-0.25, -0.2) is 18.7 Å². The van der Waals surface area contributed by atoms with Crippen molar-refractivity contribution in [2.45, 2.75) is 0 Å². The minimum absolute atomic E-state index is 0.164. The van der Waals surface area contributed by atoms with E-state index in [1.54, 1.807) is 24.4 Å². The molecule has 5 nitrogen and oxygen atoms in total. The van der Waals surface area contributed by atoms with Crippen LogP contribution in [-0.2, 0) is 9.84 Å². The number of pyridine rings is 1. The van der Waals surface area contributed by atoms with Crippen LogP contribution >= 0.6 is 0 Å². The van der Waals surface area contributed by atoms with Gasteiger partial charge in [-0.2, -0.15) is 0 Å². The first-order chi connectivity index (χ1) is 7.07. The Bertz CT molecular complexity index is 532. The van der Waals surface area contributed by atoms with E-state index in [0.717, 1.165) is 6.26 Å². The minimum Gasteiger partial charge on any atom is -0.255 e. The highest BCUT2D eigenvalue weighted by Crippen LogP contribution is 2.17. The highest BCUT2D eigenvalue weighted by atomic mass is 32.2. The van der Waals surface area contributed by atoms with Crippen molar-refractivity contribution < 1.29 is 8.42 Å². The van der Waals surface area contributed by atoms with Crippen LogP contribution in [0.1, 0.15) is 5.69 Å². The van der Waals surface area contributed by atoms with Crippen LogP contribution in [0.2, 0.25) is 0 Å². The number of amidine groups is 1. The lowest BCUT2D eigenvalue weighted by atomic mass is 10.3. The normalized spacial score (nSPS) is 15.5. The summed E-state index contributed by atoms with van der Waals surface area (Å²) in [5, 5.41) is 3.56. The second kappa shape index (κ2) is 3.47. The summed E-state index contributed by atoms with van der Waals surface area (Å²) in [5.41, 5.74) is 1.08. The first-order valence-corrected chi connectivity index (χ1v) is 6.08. The Labute approximate surface area is 87.5 Å². The Morgan fingerprint density at radius 2 is 2.07 bits per heavy atom. The third kappa shape index (κ3) is 2.04. The van der Waals surface area contributed by atoms with E-state index >= 15 is 0 Å². The monoisotopic (exact) mass is 222 g/mol. The van der Waals surface area contributed by atoms with Gasteiger partial charge < -0.3 is 0 Å². The summed E-state index contributed by atoms with van der Waals surface area (Å²) in [5.74, 6) is 0. The van der Waals surface area contributed by atoms with E-state index in [1.165, 1.54) is 6.20 Å². The lowest BCUT2D eigenvalue weighted by Gasteiger charge is -1.94. The van der Waals surface area contributed by atoms with Crippen LogP contribution in [0.4, 0.5) is 0 Å². The molecule has 0 saturated carbocycles. The van der Waals surface area contributed by atoms with Gasteiger partial charge in [0.1, 0.15) is 5.70 Å². The molecule has 0 saturated heterocycles. The molecule has 1 aromatic heterocycles. The molecule has 0 aromatic carbocycles. The summed E-state index contributed by atoms with van der Waals surface area (Å²) in [6.07, 6.45) is 4.09. The molecule has 0 amide bonds. The van der Waals surface area contributed by atoms with E-state index in [4.69, 9.17) is 0 Å². The Morgan fingerprint density at radius 1 is 1.27 bits per heavy atom. The molecular formula is C9H8N3O2S. The van der Waals surface area contributed by atoms with Gasteiger partial charge >= 0.3 is 0 Å². The topological polar surface area (TPSA) is 73.5 Å². The van der Waals surface area contributed by atoms with Crippen molar-refractivity contribution >= 4 is 20.7 Å². The van der Waals surface area contributed by atoms with Crippen molar-refractivity contribution in [3.8, 4) is 0 Å². The molecule has 0 spiro atoms. The standard InChI is InChI=1S/C9H8N3O2S/c1-15(13,14)9-11-6-8(12-9)7-4-2-3-5-10-7/h2-6H,1H3. The summed E-state index contributed by atoms with van der Waals surface area (Å²) in [6.45, 7) is 0. The molecule has 0 N–H and O–H groups in total. The van der Waals surface area contributed by atoms with Gasteiger partial charge in [-0.15, -0.1) is 0 Å². The van der Waals surface area contributed by atoms with Gasteiger partial charge in [0.05, 0.1) is 11.9 Å². The van der Waals surface area contributed by atoms with Crippen molar-refractivity contribution in [3.63, 3.8) is 0 Å². The quantitative estimate of drug-likeness (QED) is 0.690. The Kier molecular flexibility index (Phi) is 2.28. The predicted molar refractivity (Wildman–Crippen MR) is 56.6 cm³/mol. The van der Waals surface area contributed by atoms with Crippen molar-refractivity contribution in [3.05, 3.63) is 36.3 Å². The average molecular weight is 222 g/mol. The first kappa shape index (κ1) is 9.85. The molecule has 1 aliphatic heterocycles. The molecule has 1 radical (unpaired) electrons. The number of hydrogen-bond donors (Lipinski definition) is 0. The summed E-state index contributed by atoms with van der Waals surface area (Å²) in [4.78, 5) is 7.94. The fraction of sp³-hybridized carbons (Fsp3) is 0.111. The molecule has 6 heteroatoms.